The van der Waals surface area contributed by atoms with Crippen LogP contribution >= 0.6 is 0 Å². The summed E-state index contributed by atoms with van der Waals surface area (Å²) >= 11 is 0. The lowest BCUT2D eigenvalue weighted by molar-refractivity contribution is 0.128. The van der Waals surface area contributed by atoms with Gasteiger partial charge in [-0.25, -0.2) is 9.97 Å². The Hall–Kier alpha value is -1.36. The molecule has 0 aromatic carbocycles. The van der Waals surface area contributed by atoms with Gasteiger partial charge >= 0.3 is 0 Å². The van der Waals surface area contributed by atoms with Gasteiger partial charge in [-0.1, -0.05) is 19.8 Å². The Labute approximate surface area is 121 Å². The minimum absolute atomic E-state index is 0.415. The van der Waals surface area contributed by atoms with Crippen LogP contribution in [0.4, 0.5) is 11.6 Å². The van der Waals surface area contributed by atoms with Crippen LogP contribution in [0, 0.1) is 5.92 Å². The van der Waals surface area contributed by atoms with E-state index in [0.29, 0.717) is 30.9 Å². The molecule has 0 radical (unpaired) electrons. The molecule has 3 N–H and O–H groups in total. The van der Waals surface area contributed by atoms with Crippen molar-refractivity contribution in [2.75, 3.05) is 17.7 Å². The number of rotatable bonds is 5. The molecule has 1 aliphatic carbocycles. The molecule has 0 aliphatic heterocycles. The van der Waals surface area contributed by atoms with E-state index in [4.69, 9.17) is 10.5 Å². The number of nitrogens with zero attached hydrogens (tertiary/aromatic N) is 2. The highest BCUT2D eigenvalue weighted by Crippen LogP contribution is 2.24. The van der Waals surface area contributed by atoms with Crippen molar-refractivity contribution in [2.24, 2.45) is 5.92 Å². The highest BCUT2D eigenvalue weighted by Gasteiger charge is 2.16. The van der Waals surface area contributed by atoms with Gasteiger partial charge in [-0.05, 0) is 32.1 Å². The van der Waals surface area contributed by atoms with Gasteiger partial charge in [-0.3, -0.25) is 0 Å². The molecule has 1 heterocycles. The molecule has 20 heavy (non-hydrogen) atoms. The fraction of sp³-hybridized carbons (Fsp3) is 0.733. The van der Waals surface area contributed by atoms with Crippen LogP contribution in [0.5, 0.6) is 0 Å². The number of aromatic nitrogens is 2. The molecule has 1 fully saturated rings. The van der Waals surface area contributed by atoms with Gasteiger partial charge in [-0.2, -0.15) is 0 Å². The van der Waals surface area contributed by atoms with E-state index >= 15 is 0 Å². The molecule has 0 spiro atoms. The Morgan fingerprint density at radius 2 is 2.15 bits per heavy atom. The molecule has 1 saturated carbocycles. The van der Waals surface area contributed by atoms with Crippen LogP contribution in [0.3, 0.4) is 0 Å². The number of hydrogen-bond donors (Lipinski definition) is 2. The normalized spacial score (nSPS) is 23.3. The molecular weight excluding hydrogens is 252 g/mol. The third-order valence-electron chi connectivity index (χ3n) is 3.84. The molecule has 0 amide bonds. The van der Waals surface area contributed by atoms with E-state index < -0.39 is 0 Å². The van der Waals surface area contributed by atoms with Crippen molar-refractivity contribution >= 4 is 11.6 Å². The third kappa shape index (κ3) is 4.63. The fourth-order valence-corrected chi connectivity index (χ4v) is 2.69. The van der Waals surface area contributed by atoms with Crippen LogP contribution in [0.2, 0.25) is 0 Å². The van der Waals surface area contributed by atoms with E-state index in [9.17, 15) is 0 Å². The monoisotopic (exact) mass is 278 g/mol. The van der Waals surface area contributed by atoms with Gasteiger partial charge in [0.1, 0.15) is 18.2 Å². The van der Waals surface area contributed by atoms with Crippen molar-refractivity contribution in [3.8, 4) is 0 Å². The minimum Gasteiger partial charge on any atom is -0.384 e. The van der Waals surface area contributed by atoms with Gasteiger partial charge in [0, 0.05) is 18.7 Å². The smallest absolute Gasteiger partial charge is 0.158 e. The summed E-state index contributed by atoms with van der Waals surface area (Å²) in [6.45, 7) is 5.36. The van der Waals surface area contributed by atoms with Gasteiger partial charge < -0.3 is 15.8 Å². The van der Waals surface area contributed by atoms with Gasteiger partial charge in [0.15, 0.2) is 5.82 Å². The summed E-state index contributed by atoms with van der Waals surface area (Å²) in [5.41, 5.74) is 5.84. The van der Waals surface area contributed by atoms with Crippen molar-refractivity contribution in [3.05, 3.63) is 11.9 Å². The van der Waals surface area contributed by atoms with E-state index in [0.717, 1.165) is 11.7 Å². The molecule has 1 aromatic rings. The molecule has 0 bridgehead atoms. The number of nitrogens with one attached hydrogen (secondary N) is 1. The second-order valence-electron chi connectivity index (χ2n) is 5.69. The zero-order valence-corrected chi connectivity index (χ0v) is 12.6. The lowest BCUT2D eigenvalue weighted by atomic mass is 10.0. The first-order valence-electron chi connectivity index (χ1n) is 7.65. The number of nitrogens with two attached hydrogens (primary N) is 1. The Balaban J connectivity index is 1.98. The van der Waals surface area contributed by atoms with Crippen molar-refractivity contribution in [2.45, 2.75) is 58.6 Å². The Bertz CT molecular complexity index is 424. The quantitative estimate of drug-likeness (QED) is 0.810. The molecule has 112 valence electrons. The largest absolute Gasteiger partial charge is 0.384 e. The Morgan fingerprint density at radius 1 is 1.30 bits per heavy atom. The van der Waals surface area contributed by atoms with Gasteiger partial charge in [0.2, 0.25) is 0 Å². The molecule has 1 aromatic heterocycles. The van der Waals surface area contributed by atoms with Crippen molar-refractivity contribution in [1.29, 1.82) is 0 Å². The fourth-order valence-electron chi connectivity index (χ4n) is 2.69. The first kappa shape index (κ1) is 15.0. The summed E-state index contributed by atoms with van der Waals surface area (Å²) in [4.78, 5) is 8.68. The number of nitrogen functional groups attached to an aromatic ring is 1. The van der Waals surface area contributed by atoms with Crippen LogP contribution in [-0.4, -0.2) is 22.6 Å². The minimum atomic E-state index is 0.415. The summed E-state index contributed by atoms with van der Waals surface area (Å²) in [5, 5.41) is 3.51. The molecule has 2 atom stereocenters. The average Bonchev–Trinajstić information content (AvgIpc) is 2.61. The molecule has 1 aliphatic rings. The van der Waals surface area contributed by atoms with Crippen LogP contribution in [-0.2, 0) is 11.3 Å². The number of hydrogen-bond acceptors (Lipinski definition) is 5. The van der Waals surface area contributed by atoms with E-state index in [-0.39, 0.29) is 0 Å². The lowest BCUT2D eigenvalue weighted by Crippen LogP contribution is -2.20. The SMILES string of the molecule is CCOCc1nc(N)cc(NC2CCCC(C)CC2)n1. The van der Waals surface area contributed by atoms with E-state index in [1.54, 1.807) is 0 Å². The van der Waals surface area contributed by atoms with Crippen LogP contribution in [0.1, 0.15) is 51.8 Å². The standard InChI is InChI=1S/C15H26N4O/c1-3-20-10-15-18-13(16)9-14(19-15)17-12-6-4-5-11(2)7-8-12/h9,11-12H,3-8,10H2,1-2H3,(H3,16,17,18,19). The zero-order chi connectivity index (χ0) is 14.4. The summed E-state index contributed by atoms with van der Waals surface area (Å²) in [6.07, 6.45) is 6.30. The average molecular weight is 278 g/mol. The summed E-state index contributed by atoms with van der Waals surface area (Å²) in [6, 6.07) is 2.30. The molecule has 2 rings (SSSR count). The van der Waals surface area contributed by atoms with Crippen LogP contribution in [0.25, 0.3) is 0 Å². The predicted octanol–water partition coefficient (Wildman–Crippen LogP) is 2.98. The Kier molecular flexibility index (Phi) is 5.59. The second-order valence-corrected chi connectivity index (χ2v) is 5.69. The molecular formula is C15H26N4O. The van der Waals surface area contributed by atoms with Gasteiger partial charge in [-0.15, -0.1) is 0 Å². The maximum Gasteiger partial charge on any atom is 0.158 e. The molecule has 5 nitrogen and oxygen atoms in total. The van der Waals surface area contributed by atoms with Gasteiger partial charge in [0.05, 0.1) is 0 Å². The summed E-state index contributed by atoms with van der Waals surface area (Å²) in [5.74, 6) is 2.81. The first-order valence-corrected chi connectivity index (χ1v) is 7.65. The predicted molar refractivity (Wildman–Crippen MR) is 81.4 cm³/mol. The number of ether oxygens (including phenoxy) is 1. The van der Waals surface area contributed by atoms with E-state index in [2.05, 4.69) is 22.2 Å². The first-order chi connectivity index (χ1) is 9.67. The van der Waals surface area contributed by atoms with Crippen LogP contribution < -0.4 is 11.1 Å². The number of anilines is 2. The van der Waals surface area contributed by atoms with Crippen molar-refractivity contribution in [1.82, 2.24) is 9.97 Å². The van der Waals surface area contributed by atoms with E-state index in [1.807, 2.05) is 13.0 Å². The second kappa shape index (κ2) is 7.43. The summed E-state index contributed by atoms with van der Waals surface area (Å²) < 4.78 is 5.35. The highest BCUT2D eigenvalue weighted by atomic mass is 16.5. The van der Waals surface area contributed by atoms with E-state index in [1.165, 1.54) is 32.1 Å². The topological polar surface area (TPSA) is 73.1 Å². The van der Waals surface area contributed by atoms with Crippen LogP contribution in [0.15, 0.2) is 6.07 Å². The molecule has 5 heteroatoms. The molecule has 0 saturated heterocycles. The Morgan fingerprint density at radius 3 is 2.95 bits per heavy atom. The molecule has 2 unspecified atom stereocenters. The van der Waals surface area contributed by atoms with Gasteiger partial charge in [0.25, 0.3) is 0 Å². The van der Waals surface area contributed by atoms with Crippen molar-refractivity contribution in [3.63, 3.8) is 0 Å². The maximum absolute atomic E-state index is 5.84. The summed E-state index contributed by atoms with van der Waals surface area (Å²) in [7, 11) is 0. The van der Waals surface area contributed by atoms with Crippen molar-refractivity contribution < 1.29 is 4.74 Å². The lowest BCUT2D eigenvalue weighted by Gasteiger charge is -2.17. The third-order valence-corrected chi connectivity index (χ3v) is 3.84. The zero-order valence-electron chi connectivity index (χ0n) is 12.6. The highest BCUT2D eigenvalue weighted by molar-refractivity contribution is 5.45. The maximum atomic E-state index is 5.84.